The molecule has 0 bridgehead atoms. The van der Waals surface area contributed by atoms with Gasteiger partial charge in [0.15, 0.2) is 5.54 Å². The Labute approximate surface area is 112 Å². The molecule has 0 amide bonds. The summed E-state index contributed by atoms with van der Waals surface area (Å²) in [7, 11) is 0. The molecule has 1 unspecified atom stereocenters. The molecule has 100 valence electrons. The minimum absolute atomic E-state index is 0.239. The van der Waals surface area contributed by atoms with Crippen LogP contribution in [0, 0.1) is 0 Å². The van der Waals surface area contributed by atoms with E-state index >= 15 is 0 Å². The summed E-state index contributed by atoms with van der Waals surface area (Å²) in [6.07, 6.45) is 3.42. The Bertz CT molecular complexity index is 525. The van der Waals surface area contributed by atoms with Crippen LogP contribution in [-0.4, -0.2) is 22.4 Å². The molecule has 0 saturated carbocycles. The largest absolute Gasteiger partial charge is 0.464 e. The SMILES string of the molecule is CCOC(=O)C(N)(Cn1cccn1)c1ccccc1. The van der Waals surface area contributed by atoms with Crippen molar-refractivity contribution in [2.75, 3.05) is 6.61 Å². The third-order valence-electron chi connectivity index (χ3n) is 2.90. The van der Waals surface area contributed by atoms with Crippen molar-refractivity contribution < 1.29 is 9.53 Å². The minimum atomic E-state index is -1.23. The number of nitrogens with two attached hydrogens (primary N) is 1. The lowest BCUT2D eigenvalue weighted by atomic mass is 9.91. The van der Waals surface area contributed by atoms with Crippen molar-refractivity contribution in [3.8, 4) is 0 Å². The van der Waals surface area contributed by atoms with E-state index in [1.54, 1.807) is 30.1 Å². The van der Waals surface area contributed by atoms with Crippen molar-refractivity contribution in [1.29, 1.82) is 0 Å². The minimum Gasteiger partial charge on any atom is -0.464 e. The van der Waals surface area contributed by atoms with E-state index in [1.165, 1.54) is 0 Å². The van der Waals surface area contributed by atoms with Gasteiger partial charge in [-0.3, -0.25) is 4.68 Å². The van der Waals surface area contributed by atoms with E-state index < -0.39 is 11.5 Å². The van der Waals surface area contributed by atoms with Crippen LogP contribution in [0.4, 0.5) is 0 Å². The highest BCUT2D eigenvalue weighted by Gasteiger charge is 2.38. The summed E-state index contributed by atoms with van der Waals surface area (Å²) in [4.78, 5) is 12.2. The third-order valence-corrected chi connectivity index (χ3v) is 2.90. The fourth-order valence-corrected chi connectivity index (χ4v) is 1.92. The summed E-state index contributed by atoms with van der Waals surface area (Å²) in [5.41, 5.74) is 5.78. The lowest BCUT2D eigenvalue weighted by Gasteiger charge is -2.27. The highest BCUT2D eigenvalue weighted by molar-refractivity contribution is 5.82. The van der Waals surface area contributed by atoms with Gasteiger partial charge in [0.25, 0.3) is 0 Å². The number of hydrogen-bond acceptors (Lipinski definition) is 4. The first-order valence-electron chi connectivity index (χ1n) is 6.16. The average Bonchev–Trinajstić information content (AvgIpc) is 2.92. The molecule has 0 aliphatic rings. The number of ether oxygens (including phenoxy) is 1. The highest BCUT2D eigenvalue weighted by Crippen LogP contribution is 2.22. The standard InChI is InChI=1S/C14H17N3O2/c1-2-19-13(18)14(15,11-17-10-6-9-16-17)12-7-4-3-5-8-12/h3-10H,2,11,15H2,1H3. The van der Waals surface area contributed by atoms with E-state index in [2.05, 4.69) is 5.10 Å². The number of carbonyl (C=O) groups excluding carboxylic acids is 1. The molecule has 1 aromatic carbocycles. The maximum absolute atomic E-state index is 12.2. The van der Waals surface area contributed by atoms with Crippen molar-refractivity contribution in [2.45, 2.75) is 19.0 Å². The summed E-state index contributed by atoms with van der Waals surface area (Å²) in [6, 6.07) is 11.0. The van der Waals surface area contributed by atoms with E-state index in [4.69, 9.17) is 10.5 Å². The molecule has 0 aliphatic carbocycles. The van der Waals surface area contributed by atoms with Gasteiger partial charge in [0.1, 0.15) is 0 Å². The molecule has 2 aromatic rings. The molecule has 0 spiro atoms. The predicted molar refractivity (Wildman–Crippen MR) is 71.2 cm³/mol. The number of carbonyl (C=O) groups is 1. The third kappa shape index (κ3) is 2.82. The second-order valence-electron chi connectivity index (χ2n) is 4.26. The zero-order chi connectivity index (χ0) is 13.7. The number of hydrogen-bond donors (Lipinski definition) is 1. The van der Waals surface area contributed by atoms with Gasteiger partial charge in [-0.1, -0.05) is 30.3 Å². The molecule has 0 aliphatic heterocycles. The first kappa shape index (κ1) is 13.3. The molecule has 2 rings (SSSR count). The van der Waals surface area contributed by atoms with Crippen LogP contribution in [0.25, 0.3) is 0 Å². The number of rotatable bonds is 5. The van der Waals surface area contributed by atoms with Gasteiger partial charge < -0.3 is 10.5 Å². The normalized spacial score (nSPS) is 13.8. The van der Waals surface area contributed by atoms with E-state index in [0.29, 0.717) is 12.2 Å². The van der Waals surface area contributed by atoms with Gasteiger partial charge in [-0.05, 0) is 18.6 Å². The van der Waals surface area contributed by atoms with Crippen LogP contribution in [0.3, 0.4) is 0 Å². The number of aromatic nitrogens is 2. The zero-order valence-electron chi connectivity index (χ0n) is 10.8. The summed E-state index contributed by atoms with van der Waals surface area (Å²) in [5.74, 6) is -0.447. The molecule has 0 fully saturated rings. The number of benzene rings is 1. The fourth-order valence-electron chi connectivity index (χ4n) is 1.92. The first-order chi connectivity index (χ1) is 9.16. The summed E-state index contributed by atoms with van der Waals surface area (Å²) < 4.78 is 6.73. The van der Waals surface area contributed by atoms with Gasteiger partial charge in [0, 0.05) is 12.4 Å². The lowest BCUT2D eigenvalue weighted by molar-refractivity contribution is -0.150. The van der Waals surface area contributed by atoms with Crippen LogP contribution < -0.4 is 5.73 Å². The van der Waals surface area contributed by atoms with Gasteiger partial charge in [-0.25, -0.2) is 4.79 Å². The second-order valence-corrected chi connectivity index (χ2v) is 4.26. The van der Waals surface area contributed by atoms with E-state index in [-0.39, 0.29) is 6.54 Å². The monoisotopic (exact) mass is 259 g/mol. The molecular weight excluding hydrogens is 242 g/mol. The zero-order valence-corrected chi connectivity index (χ0v) is 10.8. The Balaban J connectivity index is 2.35. The Morgan fingerprint density at radius 1 is 1.37 bits per heavy atom. The molecule has 1 heterocycles. The smallest absolute Gasteiger partial charge is 0.332 e. The van der Waals surface area contributed by atoms with Gasteiger partial charge in [-0.15, -0.1) is 0 Å². The molecule has 2 N–H and O–H groups in total. The van der Waals surface area contributed by atoms with Gasteiger partial charge in [0.05, 0.1) is 13.2 Å². The van der Waals surface area contributed by atoms with Crippen molar-refractivity contribution in [3.63, 3.8) is 0 Å². The van der Waals surface area contributed by atoms with Crippen LogP contribution >= 0.6 is 0 Å². The van der Waals surface area contributed by atoms with Gasteiger partial charge in [0.2, 0.25) is 0 Å². The quantitative estimate of drug-likeness (QED) is 0.822. The van der Waals surface area contributed by atoms with Crippen molar-refractivity contribution in [2.24, 2.45) is 5.73 Å². The van der Waals surface area contributed by atoms with E-state index in [0.717, 1.165) is 0 Å². The average molecular weight is 259 g/mol. The van der Waals surface area contributed by atoms with Crippen LogP contribution in [-0.2, 0) is 21.6 Å². The van der Waals surface area contributed by atoms with Crippen LogP contribution in [0.5, 0.6) is 0 Å². The molecule has 19 heavy (non-hydrogen) atoms. The van der Waals surface area contributed by atoms with Crippen molar-refractivity contribution >= 4 is 5.97 Å². The molecule has 0 saturated heterocycles. The summed E-state index contributed by atoms with van der Waals surface area (Å²) in [5, 5.41) is 4.10. The van der Waals surface area contributed by atoms with E-state index in [1.807, 2.05) is 30.3 Å². The number of esters is 1. The first-order valence-corrected chi connectivity index (χ1v) is 6.16. The van der Waals surface area contributed by atoms with Crippen LogP contribution in [0.1, 0.15) is 12.5 Å². The molecule has 5 heteroatoms. The Hall–Kier alpha value is -2.14. The maximum Gasteiger partial charge on any atom is 0.332 e. The Morgan fingerprint density at radius 3 is 2.68 bits per heavy atom. The lowest BCUT2D eigenvalue weighted by Crippen LogP contribution is -2.49. The topological polar surface area (TPSA) is 70.1 Å². The Kier molecular flexibility index (Phi) is 3.97. The molecular formula is C14H17N3O2. The second kappa shape index (κ2) is 5.67. The Morgan fingerprint density at radius 2 is 2.11 bits per heavy atom. The van der Waals surface area contributed by atoms with Crippen LogP contribution in [0.15, 0.2) is 48.8 Å². The molecule has 1 atom stereocenters. The predicted octanol–water partition coefficient (Wildman–Crippen LogP) is 1.30. The van der Waals surface area contributed by atoms with E-state index in [9.17, 15) is 4.79 Å². The molecule has 0 radical (unpaired) electrons. The fraction of sp³-hybridized carbons (Fsp3) is 0.286. The molecule has 1 aromatic heterocycles. The summed E-state index contributed by atoms with van der Waals surface area (Å²) in [6.45, 7) is 2.30. The summed E-state index contributed by atoms with van der Waals surface area (Å²) >= 11 is 0. The highest BCUT2D eigenvalue weighted by atomic mass is 16.5. The van der Waals surface area contributed by atoms with Crippen LogP contribution in [0.2, 0.25) is 0 Å². The van der Waals surface area contributed by atoms with Gasteiger partial charge in [-0.2, -0.15) is 5.10 Å². The maximum atomic E-state index is 12.2. The number of nitrogens with zero attached hydrogens (tertiary/aromatic N) is 2. The molecule has 5 nitrogen and oxygen atoms in total. The van der Waals surface area contributed by atoms with Gasteiger partial charge >= 0.3 is 5.97 Å². The van der Waals surface area contributed by atoms with Crippen molar-refractivity contribution in [3.05, 3.63) is 54.4 Å². The van der Waals surface area contributed by atoms with Crippen molar-refractivity contribution in [1.82, 2.24) is 9.78 Å².